The van der Waals surface area contributed by atoms with E-state index < -0.39 is 0 Å². The van der Waals surface area contributed by atoms with Crippen molar-refractivity contribution in [1.29, 1.82) is 0 Å². The van der Waals surface area contributed by atoms with Gasteiger partial charge in [0.2, 0.25) is 0 Å². The minimum absolute atomic E-state index is 0.143. The van der Waals surface area contributed by atoms with Crippen molar-refractivity contribution in [3.63, 3.8) is 0 Å². The fourth-order valence-electron chi connectivity index (χ4n) is 3.02. The van der Waals surface area contributed by atoms with Gasteiger partial charge >= 0.3 is 0 Å². The Kier molecular flexibility index (Phi) is 4.89. The van der Waals surface area contributed by atoms with Crippen LogP contribution in [0.3, 0.4) is 0 Å². The summed E-state index contributed by atoms with van der Waals surface area (Å²) in [6.45, 7) is 0. The molecular weight excluding hydrogens is 274 g/mol. The lowest BCUT2D eigenvalue weighted by Crippen LogP contribution is -2.26. The third-order valence-corrected chi connectivity index (χ3v) is 5.66. The Balaban J connectivity index is 1.83. The molecule has 1 saturated carbocycles. The topological polar surface area (TPSA) is 12.0 Å². The Morgan fingerprint density at radius 1 is 0.857 bits per heavy atom. The number of rotatable bonds is 4. The lowest BCUT2D eigenvalue weighted by molar-refractivity contribution is 0.423. The van der Waals surface area contributed by atoms with E-state index in [4.69, 9.17) is 0 Å². The number of benzene rings is 2. The van der Waals surface area contributed by atoms with E-state index in [1.54, 1.807) is 0 Å². The van der Waals surface area contributed by atoms with Gasteiger partial charge in [0, 0.05) is 10.9 Å². The van der Waals surface area contributed by atoms with Crippen molar-refractivity contribution in [2.75, 3.05) is 0 Å². The molecule has 2 aromatic rings. The van der Waals surface area contributed by atoms with Gasteiger partial charge in [0.1, 0.15) is 0 Å². The summed E-state index contributed by atoms with van der Waals surface area (Å²) in [5.41, 5.74) is 2.58. The van der Waals surface area contributed by atoms with Crippen LogP contribution in [0, 0.1) is 0 Å². The highest BCUT2D eigenvalue weighted by Gasteiger charge is 2.15. The summed E-state index contributed by atoms with van der Waals surface area (Å²) in [4.78, 5) is 1.33. The monoisotopic (exact) mass is 297 g/mol. The molecule has 1 atom stereocenters. The van der Waals surface area contributed by atoms with E-state index in [-0.39, 0.29) is 10.7 Å². The molecule has 1 aliphatic carbocycles. The van der Waals surface area contributed by atoms with Crippen LogP contribution in [0.25, 0.3) is 11.1 Å². The molecule has 1 unspecified atom stereocenters. The van der Waals surface area contributed by atoms with Gasteiger partial charge in [-0.1, -0.05) is 84.3 Å². The number of hydrogen-bond donors (Lipinski definition) is 1. The predicted octanol–water partition coefficient (Wildman–Crippen LogP) is 5.25. The van der Waals surface area contributed by atoms with Gasteiger partial charge in [-0.25, -0.2) is 0 Å². The first kappa shape index (κ1) is 14.6. The molecule has 1 aliphatic rings. The minimum Gasteiger partial charge on any atom is -0.263 e. The van der Waals surface area contributed by atoms with E-state index in [0.717, 1.165) is 0 Å². The number of hydrogen-bond acceptors (Lipinski definition) is 1. The van der Waals surface area contributed by atoms with Crippen LogP contribution in [0.5, 0.6) is 0 Å². The maximum atomic E-state index is 4.41. The highest BCUT2D eigenvalue weighted by atomic mass is 32.2. The van der Waals surface area contributed by atoms with Crippen LogP contribution < -0.4 is 4.72 Å². The fraction of sp³-hybridized carbons (Fsp3) is 0.316. The van der Waals surface area contributed by atoms with Crippen LogP contribution in [-0.2, 0) is 0 Å². The van der Waals surface area contributed by atoms with Crippen molar-refractivity contribution < 1.29 is 0 Å². The third kappa shape index (κ3) is 3.63. The fourth-order valence-corrected chi connectivity index (χ4v) is 4.48. The van der Waals surface area contributed by atoms with Gasteiger partial charge in [0.15, 0.2) is 0 Å². The van der Waals surface area contributed by atoms with Gasteiger partial charge in [-0.2, -0.15) is 0 Å². The van der Waals surface area contributed by atoms with Gasteiger partial charge in [0.25, 0.3) is 0 Å². The van der Waals surface area contributed by atoms with E-state index in [1.165, 1.54) is 48.1 Å². The Morgan fingerprint density at radius 3 is 2.29 bits per heavy atom. The zero-order valence-electron chi connectivity index (χ0n) is 12.4. The average Bonchev–Trinajstić information content (AvgIpc) is 2.56. The smallest absolute Gasteiger partial charge is 0.0230 e. The molecule has 21 heavy (non-hydrogen) atoms. The van der Waals surface area contributed by atoms with Gasteiger partial charge in [0.05, 0.1) is 0 Å². The Hall–Kier alpha value is -1.38. The normalized spacial score (nSPS) is 17.5. The molecule has 0 saturated heterocycles. The first-order chi connectivity index (χ1) is 10.3. The van der Waals surface area contributed by atoms with Crippen molar-refractivity contribution in [3.05, 3.63) is 54.6 Å². The molecule has 2 heteroatoms. The van der Waals surface area contributed by atoms with Gasteiger partial charge in [-0.05, 0) is 30.0 Å². The second-order valence-corrected chi connectivity index (χ2v) is 7.16. The lowest BCUT2D eigenvalue weighted by Gasteiger charge is -2.25. The maximum absolute atomic E-state index is 4.41. The molecule has 1 fully saturated rings. The average molecular weight is 297 g/mol. The number of nitrogens with one attached hydrogen (secondary N) is 1. The zero-order valence-corrected chi connectivity index (χ0v) is 13.2. The van der Waals surface area contributed by atoms with Gasteiger partial charge in [-0.3, -0.25) is 4.72 Å². The molecular formula is C19H23NS. The Labute approximate surface area is 130 Å². The molecule has 0 amide bonds. The SMILES string of the molecule is C=S(NC1CCCCC1)c1ccccc1-c1ccccc1. The third-order valence-electron chi connectivity index (χ3n) is 4.15. The van der Waals surface area contributed by atoms with Crippen molar-refractivity contribution in [1.82, 2.24) is 4.72 Å². The van der Waals surface area contributed by atoms with E-state index in [2.05, 4.69) is 65.2 Å². The Bertz CT molecular complexity index is 600. The first-order valence-corrected chi connectivity index (χ1v) is 9.18. The second kappa shape index (κ2) is 7.06. The quantitative estimate of drug-likeness (QED) is 0.760. The van der Waals surface area contributed by atoms with Crippen LogP contribution in [0.4, 0.5) is 0 Å². The van der Waals surface area contributed by atoms with Crippen molar-refractivity contribution in [2.24, 2.45) is 0 Å². The lowest BCUT2D eigenvalue weighted by atomic mass is 9.96. The Morgan fingerprint density at radius 2 is 1.52 bits per heavy atom. The molecule has 0 heterocycles. The molecule has 110 valence electrons. The molecule has 3 rings (SSSR count). The largest absolute Gasteiger partial charge is 0.263 e. The molecule has 0 aromatic heterocycles. The highest BCUT2D eigenvalue weighted by Crippen LogP contribution is 2.34. The van der Waals surface area contributed by atoms with Gasteiger partial charge in [-0.15, -0.1) is 0 Å². The minimum atomic E-state index is -0.143. The standard InChI is InChI=1S/C19H23NS/c1-21(20-17-12-6-3-7-13-17)19-15-9-8-14-18(19)16-10-4-2-5-11-16/h2,4-5,8-11,14-15,17,20H,1,3,6-7,12-13H2. The summed E-state index contributed by atoms with van der Waals surface area (Å²) in [5, 5.41) is 0. The van der Waals surface area contributed by atoms with Crippen LogP contribution in [0.1, 0.15) is 32.1 Å². The molecule has 0 radical (unpaired) electrons. The summed E-state index contributed by atoms with van der Waals surface area (Å²) in [5.74, 6) is 4.41. The highest BCUT2D eigenvalue weighted by molar-refractivity contribution is 8.12. The van der Waals surface area contributed by atoms with Crippen LogP contribution in [0.2, 0.25) is 0 Å². The van der Waals surface area contributed by atoms with E-state index >= 15 is 0 Å². The summed E-state index contributed by atoms with van der Waals surface area (Å²) in [7, 11) is -0.143. The maximum Gasteiger partial charge on any atom is 0.0230 e. The molecule has 1 N–H and O–H groups in total. The van der Waals surface area contributed by atoms with E-state index in [1.807, 2.05) is 0 Å². The predicted molar refractivity (Wildman–Crippen MR) is 94.9 cm³/mol. The summed E-state index contributed by atoms with van der Waals surface area (Å²) >= 11 is 0. The molecule has 0 spiro atoms. The second-order valence-electron chi connectivity index (χ2n) is 5.71. The van der Waals surface area contributed by atoms with Crippen molar-refractivity contribution in [2.45, 2.75) is 43.0 Å². The first-order valence-electron chi connectivity index (χ1n) is 7.79. The summed E-state index contributed by atoms with van der Waals surface area (Å²) < 4.78 is 3.76. The molecule has 0 aliphatic heterocycles. The van der Waals surface area contributed by atoms with Crippen LogP contribution in [0.15, 0.2) is 59.5 Å². The van der Waals surface area contributed by atoms with E-state index in [9.17, 15) is 0 Å². The molecule has 2 aromatic carbocycles. The summed E-state index contributed by atoms with van der Waals surface area (Å²) in [6.07, 6.45) is 6.70. The van der Waals surface area contributed by atoms with Crippen LogP contribution >= 0.6 is 10.7 Å². The van der Waals surface area contributed by atoms with E-state index in [0.29, 0.717) is 6.04 Å². The molecule has 1 nitrogen and oxygen atoms in total. The van der Waals surface area contributed by atoms with Crippen LogP contribution in [-0.4, -0.2) is 11.9 Å². The molecule has 0 bridgehead atoms. The van der Waals surface area contributed by atoms with Crippen molar-refractivity contribution in [3.8, 4) is 11.1 Å². The zero-order chi connectivity index (χ0) is 14.5. The summed E-state index contributed by atoms with van der Waals surface area (Å²) in [6, 6.07) is 19.9. The van der Waals surface area contributed by atoms with Gasteiger partial charge < -0.3 is 0 Å². The van der Waals surface area contributed by atoms with Crippen molar-refractivity contribution >= 4 is 16.5 Å².